The van der Waals surface area contributed by atoms with E-state index in [2.05, 4.69) is 91.4 Å². The third-order valence-electron chi connectivity index (χ3n) is 5.90. The van der Waals surface area contributed by atoms with Gasteiger partial charge in [-0.05, 0) is 59.9 Å². The molecule has 1 unspecified atom stereocenters. The summed E-state index contributed by atoms with van der Waals surface area (Å²) in [6.45, 7) is 9.71. The summed E-state index contributed by atoms with van der Waals surface area (Å²) in [6.07, 6.45) is 10.5. The molecule has 2 aliphatic carbocycles. The van der Waals surface area contributed by atoms with Crippen molar-refractivity contribution in [2.75, 3.05) is 0 Å². The largest absolute Gasteiger partial charge is 0.0876 e. The molecule has 0 nitrogen and oxygen atoms in total. The van der Waals surface area contributed by atoms with Crippen molar-refractivity contribution in [3.05, 3.63) is 74.4 Å². The second-order valence-electron chi connectivity index (χ2n) is 7.74. The molecule has 0 heterocycles. The van der Waals surface area contributed by atoms with Crippen LogP contribution in [0.5, 0.6) is 0 Å². The minimum Gasteiger partial charge on any atom is -0.0809 e. The Morgan fingerprint density at radius 1 is 1.12 bits per heavy atom. The maximum atomic E-state index is 3.64. The molecule has 1 atom stereocenters. The van der Waals surface area contributed by atoms with E-state index in [4.69, 9.17) is 0 Å². The van der Waals surface area contributed by atoms with Crippen LogP contribution < -0.4 is 0 Å². The summed E-state index contributed by atoms with van der Waals surface area (Å²) < 4.78 is 1.16. The first-order valence-electron chi connectivity index (χ1n) is 8.66. The van der Waals surface area contributed by atoms with Crippen LogP contribution in [0.1, 0.15) is 35.6 Å². The number of benzene rings is 2. The van der Waals surface area contributed by atoms with Crippen LogP contribution in [-0.2, 0) is 0 Å². The van der Waals surface area contributed by atoms with Gasteiger partial charge in [-0.1, -0.05) is 76.2 Å². The van der Waals surface area contributed by atoms with Crippen LogP contribution in [-0.4, -0.2) is 8.07 Å². The van der Waals surface area contributed by atoms with Gasteiger partial charge in [-0.15, -0.1) is 0 Å². The first-order valence-corrected chi connectivity index (χ1v) is 12.5. The first-order chi connectivity index (χ1) is 11.4. The molecule has 0 bridgehead atoms. The molecule has 0 saturated heterocycles. The van der Waals surface area contributed by atoms with Crippen molar-refractivity contribution in [2.45, 2.75) is 38.9 Å². The lowest BCUT2D eigenvalue weighted by atomic mass is 9.96. The van der Waals surface area contributed by atoms with Gasteiger partial charge >= 0.3 is 0 Å². The first kappa shape index (κ1) is 16.1. The summed E-state index contributed by atoms with van der Waals surface area (Å²) in [6, 6.07) is 9.12. The molecule has 0 fully saturated rings. The number of hydrogen-bond acceptors (Lipinski definition) is 0. The molecular weight excluding hydrogens is 372 g/mol. The number of allylic oxidation sites excluding steroid dienone is 5. The smallest absolute Gasteiger partial charge is 0.0809 e. The molecule has 0 aliphatic heterocycles. The van der Waals surface area contributed by atoms with E-state index in [1.165, 1.54) is 21.9 Å². The van der Waals surface area contributed by atoms with Crippen molar-refractivity contribution in [1.82, 2.24) is 0 Å². The average Bonchev–Trinajstić information content (AvgIpc) is 3.15. The zero-order valence-corrected chi connectivity index (χ0v) is 17.4. The van der Waals surface area contributed by atoms with E-state index >= 15 is 0 Å². The van der Waals surface area contributed by atoms with Crippen LogP contribution in [0.25, 0.3) is 16.8 Å². The molecule has 2 aromatic carbocycles. The topological polar surface area (TPSA) is 0 Å². The van der Waals surface area contributed by atoms with Gasteiger partial charge in [0.25, 0.3) is 0 Å². The quantitative estimate of drug-likeness (QED) is 0.477. The number of fused-ring (bicyclic) bond motifs is 2. The van der Waals surface area contributed by atoms with Gasteiger partial charge < -0.3 is 0 Å². The molecule has 122 valence electrons. The minimum absolute atomic E-state index is 0.598. The molecule has 2 aliphatic rings. The highest BCUT2D eigenvalue weighted by molar-refractivity contribution is 9.10. The zero-order chi connectivity index (χ0) is 17.1. The number of aryl methyl sites for hydroxylation is 1. The van der Waals surface area contributed by atoms with Gasteiger partial charge in [0, 0.05) is 10.0 Å². The summed E-state index contributed by atoms with van der Waals surface area (Å²) in [4.78, 5) is 0. The van der Waals surface area contributed by atoms with Gasteiger partial charge in [-0.25, -0.2) is 0 Å². The summed E-state index contributed by atoms with van der Waals surface area (Å²) in [5.41, 5.74) is 6.60. The van der Waals surface area contributed by atoms with Crippen molar-refractivity contribution in [2.24, 2.45) is 0 Å². The highest BCUT2D eigenvalue weighted by Crippen LogP contribution is 2.48. The molecule has 0 amide bonds. The van der Waals surface area contributed by atoms with Crippen molar-refractivity contribution >= 4 is 40.9 Å². The summed E-state index contributed by atoms with van der Waals surface area (Å²) in [5, 5.41) is 4.42. The predicted octanol–water partition coefficient (Wildman–Crippen LogP) is 7.08. The molecule has 24 heavy (non-hydrogen) atoms. The maximum Gasteiger partial charge on any atom is 0.0876 e. The van der Waals surface area contributed by atoms with Crippen LogP contribution in [0.15, 0.2) is 57.7 Å². The van der Waals surface area contributed by atoms with Gasteiger partial charge in [0.15, 0.2) is 0 Å². The molecule has 0 spiro atoms. The van der Waals surface area contributed by atoms with Gasteiger partial charge in [0.05, 0.1) is 8.07 Å². The standard InChI is InChI=1S/C22H23BrSi/c1-14-11-20-15(2)19-10-9-17(23)12-16(19)13-21(20)22(14)24(3,4)18-7-5-6-8-18/h5-7,9-13,22H,8H2,1-4H3. The van der Waals surface area contributed by atoms with E-state index in [1.54, 1.807) is 16.3 Å². The Bertz CT molecular complexity index is 944. The Kier molecular flexibility index (Phi) is 3.74. The second-order valence-corrected chi connectivity index (χ2v) is 13.3. The highest BCUT2D eigenvalue weighted by Gasteiger charge is 2.41. The van der Waals surface area contributed by atoms with Crippen molar-refractivity contribution in [1.29, 1.82) is 0 Å². The van der Waals surface area contributed by atoms with E-state index in [-0.39, 0.29) is 0 Å². The van der Waals surface area contributed by atoms with Crippen LogP contribution in [0.2, 0.25) is 13.1 Å². The molecule has 0 N–H and O–H groups in total. The third kappa shape index (κ3) is 2.31. The fourth-order valence-corrected chi connectivity index (χ4v) is 8.81. The normalized spacial score (nSPS) is 19.6. The van der Waals surface area contributed by atoms with Gasteiger partial charge in [-0.2, -0.15) is 0 Å². The number of rotatable bonds is 2. The molecule has 4 rings (SSSR count). The summed E-state index contributed by atoms with van der Waals surface area (Å²) >= 11 is 3.64. The Balaban J connectivity index is 1.93. The van der Waals surface area contributed by atoms with Crippen molar-refractivity contribution in [3.8, 4) is 0 Å². The van der Waals surface area contributed by atoms with E-state index in [1.807, 2.05) is 0 Å². The van der Waals surface area contributed by atoms with Gasteiger partial charge in [-0.3, -0.25) is 0 Å². The van der Waals surface area contributed by atoms with Crippen molar-refractivity contribution < 1.29 is 0 Å². The van der Waals surface area contributed by atoms with Gasteiger partial charge in [0.2, 0.25) is 0 Å². The van der Waals surface area contributed by atoms with Crippen LogP contribution in [0, 0.1) is 6.92 Å². The molecule has 2 heteroatoms. The lowest BCUT2D eigenvalue weighted by Crippen LogP contribution is -2.37. The molecule has 0 radical (unpaired) electrons. The fraction of sp³-hybridized carbons (Fsp3) is 0.273. The fourth-order valence-electron chi connectivity index (χ4n) is 4.66. The highest BCUT2D eigenvalue weighted by atomic mass is 79.9. The SMILES string of the molecule is CC1=Cc2c(cc3cc(Br)ccc3c2C)C1[Si](C)(C)C1=CC=CC1. The van der Waals surface area contributed by atoms with E-state index in [0.29, 0.717) is 5.54 Å². The average molecular weight is 395 g/mol. The molecule has 0 aromatic heterocycles. The third-order valence-corrected chi connectivity index (χ3v) is 10.6. The Morgan fingerprint density at radius 3 is 2.62 bits per heavy atom. The minimum atomic E-state index is -1.56. The van der Waals surface area contributed by atoms with Crippen LogP contribution >= 0.6 is 15.9 Å². The summed E-state index contributed by atoms with van der Waals surface area (Å²) in [7, 11) is -1.56. The number of halogens is 1. The van der Waals surface area contributed by atoms with E-state index in [0.717, 1.165) is 10.9 Å². The lowest BCUT2D eigenvalue weighted by molar-refractivity contribution is 1.06. The van der Waals surface area contributed by atoms with Gasteiger partial charge in [0.1, 0.15) is 0 Å². The maximum absolute atomic E-state index is 3.64. The predicted molar refractivity (Wildman–Crippen MR) is 112 cm³/mol. The lowest BCUT2D eigenvalue weighted by Gasteiger charge is -2.34. The van der Waals surface area contributed by atoms with Crippen LogP contribution in [0.4, 0.5) is 0 Å². The summed E-state index contributed by atoms with van der Waals surface area (Å²) in [5.74, 6) is 0. The molecule has 0 saturated carbocycles. The Morgan fingerprint density at radius 2 is 1.92 bits per heavy atom. The Labute approximate surface area is 154 Å². The van der Waals surface area contributed by atoms with E-state index in [9.17, 15) is 0 Å². The Hall–Kier alpha value is -1.38. The van der Waals surface area contributed by atoms with Crippen LogP contribution in [0.3, 0.4) is 0 Å². The second kappa shape index (κ2) is 5.57. The monoisotopic (exact) mass is 394 g/mol. The number of hydrogen-bond donors (Lipinski definition) is 0. The molecule has 2 aromatic rings. The van der Waals surface area contributed by atoms with E-state index < -0.39 is 8.07 Å². The zero-order valence-electron chi connectivity index (χ0n) is 14.8. The van der Waals surface area contributed by atoms with Crippen molar-refractivity contribution in [3.63, 3.8) is 0 Å². The molecular formula is C22H23BrSi.